The lowest BCUT2D eigenvalue weighted by Gasteiger charge is -2.46. The Hall–Kier alpha value is 0.137. The molecule has 0 saturated heterocycles. The summed E-state index contributed by atoms with van der Waals surface area (Å²) < 4.78 is 5.11. The van der Waals surface area contributed by atoms with Crippen molar-refractivity contribution >= 4 is 8.07 Å². The SMILES string of the molecule is COCC1(N)CC(C[Si](C)(C)C)C1. The molecule has 0 unspecified atom stereocenters. The Balaban J connectivity index is 2.25. The van der Waals surface area contributed by atoms with Crippen LogP contribution in [0.3, 0.4) is 0 Å². The summed E-state index contributed by atoms with van der Waals surface area (Å²) in [6, 6.07) is 1.43. The number of ether oxygens (including phenoxy) is 1. The van der Waals surface area contributed by atoms with Gasteiger partial charge in [0, 0.05) is 20.7 Å². The van der Waals surface area contributed by atoms with Crippen LogP contribution in [0.15, 0.2) is 0 Å². The van der Waals surface area contributed by atoms with Gasteiger partial charge in [-0.25, -0.2) is 0 Å². The molecule has 2 N–H and O–H groups in total. The van der Waals surface area contributed by atoms with Crippen LogP contribution in [0.25, 0.3) is 0 Å². The zero-order chi connectivity index (χ0) is 10.1. The van der Waals surface area contributed by atoms with Gasteiger partial charge in [0.25, 0.3) is 0 Å². The maximum atomic E-state index is 6.11. The van der Waals surface area contributed by atoms with Crippen LogP contribution in [0.1, 0.15) is 12.8 Å². The molecule has 1 aliphatic carbocycles. The first-order chi connectivity index (χ1) is 5.85. The van der Waals surface area contributed by atoms with Crippen molar-refractivity contribution in [3.8, 4) is 0 Å². The molecule has 1 aliphatic rings. The minimum absolute atomic E-state index is 0.0130. The van der Waals surface area contributed by atoms with Crippen LogP contribution in [0.2, 0.25) is 25.7 Å². The Morgan fingerprint density at radius 1 is 1.38 bits per heavy atom. The summed E-state index contributed by atoms with van der Waals surface area (Å²) in [5, 5.41) is 0. The summed E-state index contributed by atoms with van der Waals surface area (Å²) in [5.41, 5.74) is 6.13. The third kappa shape index (κ3) is 3.41. The van der Waals surface area contributed by atoms with Crippen molar-refractivity contribution in [2.75, 3.05) is 13.7 Å². The molecular weight excluding hydrogens is 178 g/mol. The zero-order valence-corrected chi connectivity index (χ0v) is 10.4. The number of hydrogen-bond acceptors (Lipinski definition) is 2. The molecule has 0 aromatic heterocycles. The lowest BCUT2D eigenvalue weighted by molar-refractivity contribution is 0.0520. The van der Waals surface area contributed by atoms with Crippen LogP contribution in [-0.4, -0.2) is 27.3 Å². The van der Waals surface area contributed by atoms with Crippen LogP contribution < -0.4 is 5.73 Å². The van der Waals surface area contributed by atoms with Gasteiger partial charge in [-0.2, -0.15) is 0 Å². The summed E-state index contributed by atoms with van der Waals surface area (Å²) in [4.78, 5) is 0. The fourth-order valence-corrected chi connectivity index (χ4v) is 4.53. The van der Waals surface area contributed by atoms with Gasteiger partial charge in [-0.15, -0.1) is 0 Å². The van der Waals surface area contributed by atoms with E-state index in [4.69, 9.17) is 10.5 Å². The highest BCUT2D eigenvalue weighted by atomic mass is 28.3. The summed E-state index contributed by atoms with van der Waals surface area (Å²) >= 11 is 0. The number of nitrogens with two attached hydrogens (primary N) is 1. The fourth-order valence-electron chi connectivity index (χ4n) is 2.51. The molecule has 13 heavy (non-hydrogen) atoms. The monoisotopic (exact) mass is 201 g/mol. The number of rotatable bonds is 4. The van der Waals surface area contributed by atoms with Crippen LogP contribution in [-0.2, 0) is 4.74 Å². The van der Waals surface area contributed by atoms with Crippen molar-refractivity contribution in [3.05, 3.63) is 0 Å². The highest BCUT2D eigenvalue weighted by Crippen LogP contribution is 2.40. The van der Waals surface area contributed by atoms with E-state index >= 15 is 0 Å². The maximum Gasteiger partial charge on any atom is 0.0642 e. The first kappa shape index (κ1) is 11.2. The molecule has 3 heteroatoms. The zero-order valence-electron chi connectivity index (χ0n) is 9.39. The molecule has 78 valence electrons. The van der Waals surface area contributed by atoms with Gasteiger partial charge in [0.1, 0.15) is 0 Å². The molecule has 0 atom stereocenters. The second-order valence-electron chi connectivity index (χ2n) is 5.83. The van der Waals surface area contributed by atoms with Gasteiger partial charge in [-0.1, -0.05) is 25.7 Å². The van der Waals surface area contributed by atoms with Gasteiger partial charge >= 0.3 is 0 Å². The van der Waals surface area contributed by atoms with E-state index in [1.807, 2.05) is 0 Å². The standard InChI is InChI=1S/C10H23NOSi/c1-12-8-10(11)5-9(6-10)7-13(2,3)4/h9H,5-8,11H2,1-4H3. The quantitative estimate of drug-likeness (QED) is 0.707. The lowest BCUT2D eigenvalue weighted by Crippen LogP contribution is -2.56. The molecule has 0 aliphatic heterocycles. The van der Waals surface area contributed by atoms with Crippen molar-refractivity contribution in [1.82, 2.24) is 0 Å². The van der Waals surface area contributed by atoms with E-state index in [0.29, 0.717) is 0 Å². The Morgan fingerprint density at radius 2 is 1.92 bits per heavy atom. The minimum atomic E-state index is -0.872. The van der Waals surface area contributed by atoms with Gasteiger partial charge < -0.3 is 10.5 Å². The topological polar surface area (TPSA) is 35.2 Å². The predicted octanol–water partition coefficient (Wildman–Crippen LogP) is 2.08. The molecule has 1 saturated carbocycles. The summed E-state index contributed by atoms with van der Waals surface area (Å²) in [7, 11) is 0.865. The minimum Gasteiger partial charge on any atom is -0.383 e. The predicted molar refractivity (Wildman–Crippen MR) is 59.7 cm³/mol. The number of hydrogen-bond donors (Lipinski definition) is 1. The van der Waals surface area contributed by atoms with Crippen molar-refractivity contribution < 1.29 is 4.74 Å². The lowest BCUT2D eigenvalue weighted by atomic mass is 9.70. The van der Waals surface area contributed by atoms with E-state index in [-0.39, 0.29) is 5.54 Å². The highest BCUT2D eigenvalue weighted by molar-refractivity contribution is 6.76. The molecular formula is C10H23NOSi. The van der Waals surface area contributed by atoms with Crippen molar-refractivity contribution in [2.45, 2.75) is 44.1 Å². The van der Waals surface area contributed by atoms with E-state index in [2.05, 4.69) is 19.6 Å². The van der Waals surface area contributed by atoms with Gasteiger partial charge in [0.05, 0.1) is 6.61 Å². The average Bonchev–Trinajstić information content (AvgIpc) is 1.80. The van der Waals surface area contributed by atoms with Crippen molar-refractivity contribution in [2.24, 2.45) is 11.7 Å². The van der Waals surface area contributed by atoms with Gasteiger partial charge in [-0.3, -0.25) is 0 Å². The van der Waals surface area contributed by atoms with E-state index in [0.717, 1.165) is 12.5 Å². The molecule has 0 radical (unpaired) electrons. The van der Waals surface area contributed by atoms with Crippen molar-refractivity contribution in [1.29, 1.82) is 0 Å². The average molecular weight is 201 g/mol. The van der Waals surface area contributed by atoms with Crippen LogP contribution in [0.4, 0.5) is 0 Å². The molecule has 1 fully saturated rings. The van der Waals surface area contributed by atoms with E-state index in [9.17, 15) is 0 Å². The van der Waals surface area contributed by atoms with Gasteiger partial charge in [-0.05, 0) is 18.8 Å². The first-order valence-corrected chi connectivity index (χ1v) is 8.83. The van der Waals surface area contributed by atoms with Gasteiger partial charge in [0.2, 0.25) is 0 Å². The van der Waals surface area contributed by atoms with Crippen LogP contribution in [0, 0.1) is 5.92 Å². The fraction of sp³-hybridized carbons (Fsp3) is 1.00. The van der Waals surface area contributed by atoms with Gasteiger partial charge in [0.15, 0.2) is 0 Å². The Morgan fingerprint density at radius 3 is 2.31 bits per heavy atom. The molecule has 0 spiro atoms. The second-order valence-corrected chi connectivity index (χ2v) is 11.4. The third-order valence-corrected chi connectivity index (χ3v) is 4.53. The Labute approximate surface area is 82.9 Å². The van der Waals surface area contributed by atoms with E-state index in [1.165, 1.54) is 18.9 Å². The maximum absolute atomic E-state index is 6.11. The van der Waals surface area contributed by atoms with E-state index in [1.54, 1.807) is 7.11 Å². The normalized spacial score (nSPS) is 34.4. The summed E-state index contributed by atoms with van der Waals surface area (Å²) in [6.45, 7) is 8.02. The molecule has 0 amide bonds. The Kier molecular flexibility index (Phi) is 3.20. The molecule has 0 aromatic carbocycles. The number of methoxy groups -OCH3 is 1. The third-order valence-electron chi connectivity index (χ3n) is 2.72. The smallest absolute Gasteiger partial charge is 0.0642 e. The Bertz CT molecular complexity index is 170. The summed E-state index contributed by atoms with van der Waals surface area (Å²) in [5.74, 6) is 0.881. The molecule has 2 nitrogen and oxygen atoms in total. The molecule has 0 bridgehead atoms. The largest absolute Gasteiger partial charge is 0.383 e. The van der Waals surface area contributed by atoms with Crippen LogP contribution >= 0.6 is 0 Å². The summed E-state index contributed by atoms with van der Waals surface area (Å²) in [6.07, 6.45) is 2.34. The van der Waals surface area contributed by atoms with Crippen molar-refractivity contribution in [3.63, 3.8) is 0 Å². The molecule has 0 heterocycles. The van der Waals surface area contributed by atoms with Crippen LogP contribution in [0.5, 0.6) is 0 Å². The first-order valence-electron chi connectivity index (χ1n) is 5.12. The molecule has 1 rings (SSSR count). The highest BCUT2D eigenvalue weighted by Gasteiger charge is 2.42. The molecule has 0 aromatic rings. The van der Waals surface area contributed by atoms with E-state index < -0.39 is 8.07 Å². The second kappa shape index (κ2) is 3.71.